The number of aryl methyl sites for hydroxylation is 1. The maximum absolute atomic E-state index is 11.6. The van der Waals surface area contributed by atoms with E-state index in [2.05, 4.69) is 40.3 Å². The van der Waals surface area contributed by atoms with Crippen molar-refractivity contribution in [2.24, 2.45) is 17.8 Å². The van der Waals surface area contributed by atoms with Crippen molar-refractivity contribution < 1.29 is 19.4 Å². The number of aliphatic hydroxyl groups excluding tert-OH is 1. The Morgan fingerprint density at radius 2 is 1.93 bits per heavy atom. The second-order valence-electron chi connectivity index (χ2n) is 11.3. The molecular weight excluding hydrogens is 562 g/mol. The molecule has 43 heavy (non-hydrogen) atoms. The van der Waals surface area contributed by atoms with E-state index in [0.29, 0.717) is 37.1 Å². The number of aromatic nitrogens is 1. The van der Waals surface area contributed by atoms with Crippen LogP contribution in [0.15, 0.2) is 41.8 Å². The predicted molar refractivity (Wildman–Crippen MR) is 165 cm³/mol. The van der Waals surface area contributed by atoms with Crippen molar-refractivity contribution in [1.29, 1.82) is 10.5 Å². The first-order chi connectivity index (χ1) is 21.0. The molecule has 1 aliphatic carbocycles. The fourth-order valence-electron chi connectivity index (χ4n) is 6.44. The van der Waals surface area contributed by atoms with Crippen LogP contribution in [0.5, 0.6) is 5.75 Å². The van der Waals surface area contributed by atoms with E-state index in [-0.39, 0.29) is 12.5 Å². The average molecular weight is 600 g/mol. The number of rotatable bonds is 8. The second kappa shape index (κ2) is 14.1. The minimum absolute atomic E-state index is 0.199. The minimum Gasteiger partial charge on any atom is -0.488 e. The average Bonchev–Trinajstić information content (AvgIpc) is 3.63. The first kappa shape index (κ1) is 30.7. The van der Waals surface area contributed by atoms with Gasteiger partial charge in [-0.1, -0.05) is 23.8 Å². The quantitative estimate of drug-likeness (QED) is 0.371. The molecule has 6 rings (SSSR count). The van der Waals surface area contributed by atoms with Crippen molar-refractivity contribution in [2.45, 2.75) is 39.0 Å². The van der Waals surface area contributed by atoms with Gasteiger partial charge in [-0.3, -0.25) is 4.90 Å². The van der Waals surface area contributed by atoms with E-state index in [4.69, 9.17) is 19.6 Å². The zero-order chi connectivity index (χ0) is 30.3. The Kier molecular flexibility index (Phi) is 10.1. The van der Waals surface area contributed by atoms with Crippen LogP contribution >= 0.6 is 11.3 Å². The summed E-state index contributed by atoms with van der Waals surface area (Å²) in [5, 5.41) is 29.1. The van der Waals surface area contributed by atoms with Gasteiger partial charge in [0, 0.05) is 62.3 Å². The molecule has 0 radical (unpaired) electrons. The SMILES string of the molecule is CO.Cc1ccc(OCc2ccc(CN3CCOC(C#N)C3)cc2C#N)c(-c2csc(N3CC4CCC(C3)C4C=O)n2)c1. The van der Waals surface area contributed by atoms with Gasteiger partial charge >= 0.3 is 0 Å². The van der Waals surface area contributed by atoms with Crippen molar-refractivity contribution >= 4 is 22.8 Å². The van der Waals surface area contributed by atoms with Crippen molar-refractivity contribution in [2.75, 3.05) is 44.8 Å². The third kappa shape index (κ3) is 6.90. The van der Waals surface area contributed by atoms with Crippen LogP contribution in [0.4, 0.5) is 5.13 Å². The number of morpholine rings is 1. The Morgan fingerprint density at radius 1 is 1.14 bits per heavy atom. The molecule has 3 unspecified atom stereocenters. The number of carbonyl (C=O) groups excluding carboxylic acids is 1. The Hall–Kier alpha value is -3.80. The molecule has 1 saturated carbocycles. The van der Waals surface area contributed by atoms with Gasteiger partial charge in [0.25, 0.3) is 0 Å². The molecule has 10 heteroatoms. The molecule has 2 saturated heterocycles. The molecule has 3 heterocycles. The number of fused-ring (bicyclic) bond motifs is 2. The molecule has 3 fully saturated rings. The van der Waals surface area contributed by atoms with Gasteiger partial charge in [-0.25, -0.2) is 4.98 Å². The molecule has 2 bridgehead atoms. The van der Waals surface area contributed by atoms with Crippen molar-refractivity contribution in [3.05, 3.63) is 64.0 Å². The lowest BCUT2D eigenvalue weighted by atomic mass is 9.87. The summed E-state index contributed by atoms with van der Waals surface area (Å²) in [7, 11) is 1.00. The molecule has 3 aliphatic rings. The van der Waals surface area contributed by atoms with Gasteiger partial charge in [0.15, 0.2) is 11.2 Å². The summed E-state index contributed by atoms with van der Waals surface area (Å²) in [6, 6.07) is 16.5. The highest BCUT2D eigenvalue weighted by Gasteiger charge is 2.42. The lowest BCUT2D eigenvalue weighted by Gasteiger charge is -2.35. The van der Waals surface area contributed by atoms with Crippen LogP contribution in [0, 0.1) is 47.3 Å². The van der Waals surface area contributed by atoms with Crippen LogP contribution in [-0.2, 0) is 22.7 Å². The lowest BCUT2D eigenvalue weighted by molar-refractivity contribution is -0.113. The van der Waals surface area contributed by atoms with Crippen LogP contribution < -0.4 is 9.64 Å². The number of benzene rings is 2. The number of hydrogen-bond acceptors (Lipinski definition) is 10. The zero-order valence-electron chi connectivity index (χ0n) is 24.6. The largest absolute Gasteiger partial charge is 0.488 e. The standard InChI is InChI=1S/C32H33N5O3S.CH4O/c1-21-2-7-31(28(10-21)30-20-41-32(35-30)37-15-23-5-6-24(16-37)29(23)18-38)40-19-25-4-3-22(11-26(25)12-33)14-36-8-9-39-27(13-34)17-36;1-2/h2-4,7,10-11,18,20,23-24,27,29H,5-6,8-9,14-17,19H2,1H3;2H,1H3. The second-order valence-corrected chi connectivity index (χ2v) is 12.2. The first-order valence-electron chi connectivity index (χ1n) is 14.6. The molecule has 2 aliphatic heterocycles. The molecule has 3 aromatic rings. The fourth-order valence-corrected chi connectivity index (χ4v) is 7.28. The Bertz CT molecular complexity index is 1500. The molecule has 1 N–H and O–H groups in total. The molecule has 9 nitrogen and oxygen atoms in total. The van der Waals surface area contributed by atoms with E-state index in [1.54, 1.807) is 11.3 Å². The number of ether oxygens (including phenoxy) is 2. The molecule has 0 spiro atoms. The van der Waals surface area contributed by atoms with E-state index in [1.807, 2.05) is 30.3 Å². The smallest absolute Gasteiger partial charge is 0.185 e. The highest BCUT2D eigenvalue weighted by atomic mass is 32.1. The number of nitrogens with zero attached hydrogens (tertiary/aromatic N) is 5. The summed E-state index contributed by atoms with van der Waals surface area (Å²) in [6.45, 7) is 6.64. The number of piperidine rings is 1. The van der Waals surface area contributed by atoms with E-state index >= 15 is 0 Å². The highest BCUT2D eigenvalue weighted by Crippen LogP contribution is 2.43. The maximum Gasteiger partial charge on any atom is 0.185 e. The van der Waals surface area contributed by atoms with Crippen LogP contribution in [0.3, 0.4) is 0 Å². The van der Waals surface area contributed by atoms with Crippen LogP contribution in [0.1, 0.15) is 35.1 Å². The highest BCUT2D eigenvalue weighted by molar-refractivity contribution is 7.14. The fraction of sp³-hybridized carbons (Fsp3) is 0.455. The van der Waals surface area contributed by atoms with Crippen LogP contribution in [-0.4, -0.2) is 67.3 Å². The van der Waals surface area contributed by atoms with Gasteiger partial charge in [-0.05, 0) is 55.4 Å². The Morgan fingerprint density at radius 3 is 2.65 bits per heavy atom. The summed E-state index contributed by atoms with van der Waals surface area (Å²) in [5.41, 5.74) is 5.38. The molecule has 1 aromatic heterocycles. The topological polar surface area (TPSA) is 123 Å². The van der Waals surface area contributed by atoms with Gasteiger partial charge in [0.1, 0.15) is 18.6 Å². The third-order valence-corrected chi connectivity index (χ3v) is 9.52. The maximum atomic E-state index is 11.6. The van der Waals surface area contributed by atoms with Gasteiger partial charge in [-0.2, -0.15) is 10.5 Å². The van der Waals surface area contributed by atoms with E-state index in [9.17, 15) is 15.3 Å². The summed E-state index contributed by atoms with van der Waals surface area (Å²) >= 11 is 1.64. The number of nitriles is 2. The molecular formula is C33H37N5O4S. The number of hydrogen-bond donors (Lipinski definition) is 1. The zero-order valence-corrected chi connectivity index (χ0v) is 25.4. The van der Waals surface area contributed by atoms with Gasteiger partial charge < -0.3 is 24.3 Å². The monoisotopic (exact) mass is 599 g/mol. The number of aldehydes is 1. The third-order valence-electron chi connectivity index (χ3n) is 8.62. The molecule has 2 aromatic carbocycles. The van der Waals surface area contributed by atoms with E-state index in [1.165, 1.54) is 6.29 Å². The molecule has 0 amide bonds. The summed E-state index contributed by atoms with van der Waals surface area (Å²) in [4.78, 5) is 21.1. The first-order valence-corrected chi connectivity index (χ1v) is 15.5. The number of anilines is 1. The van der Waals surface area contributed by atoms with Crippen molar-refractivity contribution in [3.8, 4) is 29.1 Å². The van der Waals surface area contributed by atoms with E-state index < -0.39 is 6.10 Å². The van der Waals surface area contributed by atoms with Crippen molar-refractivity contribution in [3.63, 3.8) is 0 Å². The summed E-state index contributed by atoms with van der Waals surface area (Å²) in [5.74, 6) is 1.79. The summed E-state index contributed by atoms with van der Waals surface area (Å²) in [6.07, 6.45) is 3.01. The Labute approximate surface area is 256 Å². The minimum atomic E-state index is -0.408. The van der Waals surface area contributed by atoms with Gasteiger partial charge in [0.05, 0.1) is 30.0 Å². The van der Waals surface area contributed by atoms with Gasteiger partial charge in [-0.15, -0.1) is 11.3 Å². The Balaban J connectivity index is 0.00000180. The summed E-state index contributed by atoms with van der Waals surface area (Å²) < 4.78 is 11.8. The number of aliphatic hydroxyl groups is 1. The predicted octanol–water partition coefficient (Wildman–Crippen LogP) is 4.56. The normalized spacial score (nSPS) is 23.0. The van der Waals surface area contributed by atoms with E-state index in [0.717, 1.165) is 78.4 Å². The van der Waals surface area contributed by atoms with Gasteiger partial charge in [0.2, 0.25) is 0 Å². The van der Waals surface area contributed by atoms with Crippen LogP contribution in [0.25, 0.3) is 11.3 Å². The van der Waals surface area contributed by atoms with Crippen molar-refractivity contribution in [1.82, 2.24) is 9.88 Å². The number of carbonyl (C=O) groups is 1. The molecule has 3 atom stereocenters. The lowest BCUT2D eigenvalue weighted by Crippen LogP contribution is -2.42. The van der Waals surface area contributed by atoms with Crippen LogP contribution in [0.2, 0.25) is 0 Å². The number of thiazole rings is 1. The molecule has 224 valence electrons.